The Hall–Kier alpha value is -2.12. The van der Waals surface area contributed by atoms with Crippen LogP contribution < -0.4 is 5.32 Å². The fourth-order valence-electron chi connectivity index (χ4n) is 1.69. The second kappa shape index (κ2) is 6.55. The maximum absolute atomic E-state index is 11.6. The minimum absolute atomic E-state index is 0.100. The number of carboxylic acid groups (broad SMARTS) is 1. The van der Waals surface area contributed by atoms with Crippen LogP contribution in [0.5, 0.6) is 0 Å². The number of carbonyl (C=O) groups excluding carboxylic acids is 3. The number of β-lactam (4-membered cyclic amide) rings is 1. The molecule has 3 amide bonds. The number of nitrogens with zero attached hydrogens (tertiary/aromatic N) is 1. The maximum Gasteiger partial charge on any atom is 0.408 e. The highest BCUT2D eigenvalue weighted by Crippen LogP contribution is 2.13. The van der Waals surface area contributed by atoms with Crippen LogP contribution in [0.15, 0.2) is 0 Å². The van der Waals surface area contributed by atoms with Crippen LogP contribution in [-0.2, 0) is 19.1 Å². The lowest BCUT2D eigenvalue weighted by Gasteiger charge is -2.29. The Balaban J connectivity index is 2.46. The number of carbonyl (C=O) groups is 4. The van der Waals surface area contributed by atoms with Crippen LogP contribution in [0.3, 0.4) is 0 Å². The number of imide groups is 1. The largest absolute Gasteiger partial charge is 0.480 e. The molecule has 1 atom stereocenters. The molecule has 0 aromatic heterocycles. The minimum Gasteiger partial charge on any atom is -0.480 e. The molecule has 1 aliphatic heterocycles. The molecule has 0 spiro atoms. The summed E-state index contributed by atoms with van der Waals surface area (Å²) in [4.78, 5) is 46.4. The molecule has 0 radical (unpaired) electrons. The molecule has 118 valence electrons. The molecule has 0 aromatic rings. The lowest BCUT2D eigenvalue weighted by molar-refractivity contribution is -0.152. The fourth-order valence-corrected chi connectivity index (χ4v) is 1.69. The average molecular weight is 300 g/mol. The van der Waals surface area contributed by atoms with E-state index < -0.39 is 29.6 Å². The monoisotopic (exact) mass is 300 g/mol. The highest BCUT2D eigenvalue weighted by Gasteiger charge is 2.31. The molecule has 1 saturated heterocycles. The van der Waals surface area contributed by atoms with E-state index in [1.54, 1.807) is 20.8 Å². The van der Waals surface area contributed by atoms with E-state index in [0.717, 1.165) is 4.90 Å². The molecule has 8 nitrogen and oxygen atoms in total. The highest BCUT2D eigenvalue weighted by molar-refractivity contribution is 5.99. The van der Waals surface area contributed by atoms with E-state index in [2.05, 4.69) is 5.32 Å². The summed E-state index contributed by atoms with van der Waals surface area (Å²) in [6.45, 7) is 5.33. The summed E-state index contributed by atoms with van der Waals surface area (Å²) < 4.78 is 4.96. The zero-order valence-electron chi connectivity index (χ0n) is 12.3. The van der Waals surface area contributed by atoms with Gasteiger partial charge in [-0.05, 0) is 27.2 Å². The number of rotatable bonds is 5. The summed E-state index contributed by atoms with van der Waals surface area (Å²) in [6, 6.07) is -1.24. The number of aliphatic carboxylic acids is 1. The van der Waals surface area contributed by atoms with Gasteiger partial charge in [-0.3, -0.25) is 14.5 Å². The maximum atomic E-state index is 11.6. The summed E-state index contributed by atoms with van der Waals surface area (Å²) in [5, 5.41) is 11.2. The summed E-state index contributed by atoms with van der Waals surface area (Å²) in [5.74, 6) is -1.95. The molecule has 0 aliphatic carbocycles. The van der Waals surface area contributed by atoms with E-state index in [4.69, 9.17) is 9.84 Å². The molecule has 0 aromatic carbocycles. The Labute approximate surface area is 122 Å². The Morgan fingerprint density at radius 1 is 1.38 bits per heavy atom. The molecule has 1 unspecified atom stereocenters. The van der Waals surface area contributed by atoms with Crippen molar-refractivity contribution in [1.29, 1.82) is 0 Å². The van der Waals surface area contributed by atoms with E-state index >= 15 is 0 Å². The van der Waals surface area contributed by atoms with Crippen molar-refractivity contribution in [2.24, 2.45) is 0 Å². The average Bonchev–Trinajstić information content (AvgIpc) is 2.29. The molecule has 1 rings (SSSR count). The SMILES string of the molecule is CC(C)(C)OC(=O)NC(CCC(=O)N1CCC1=O)C(=O)O. The van der Waals surface area contributed by atoms with E-state index in [-0.39, 0.29) is 18.7 Å². The van der Waals surface area contributed by atoms with Crippen LogP contribution in [0.2, 0.25) is 0 Å². The molecular formula is C13H20N2O6. The first-order chi connectivity index (χ1) is 9.60. The molecule has 0 bridgehead atoms. The number of amides is 3. The van der Waals surface area contributed by atoms with Gasteiger partial charge in [-0.25, -0.2) is 9.59 Å². The molecular weight excluding hydrogens is 280 g/mol. The van der Waals surface area contributed by atoms with Gasteiger partial charge in [0.1, 0.15) is 11.6 Å². The van der Waals surface area contributed by atoms with Crippen molar-refractivity contribution in [2.45, 2.75) is 51.7 Å². The van der Waals surface area contributed by atoms with Gasteiger partial charge in [0.2, 0.25) is 11.8 Å². The zero-order chi connectivity index (χ0) is 16.2. The normalized spacial score (nSPS) is 16.0. The second-order valence-electron chi connectivity index (χ2n) is 5.76. The number of likely N-dealkylation sites (tertiary alicyclic amines) is 1. The summed E-state index contributed by atoms with van der Waals surface area (Å²) in [6.07, 6.45) is -0.748. The third-order valence-corrected chi connectivity index (χ3v) is 2.79. The number of hydrogen-bond donors (Lipinski definition) is 2. The Morgan fingerprint density at radius 3 is 2.38 bits per heavy atom. The molecule has 8 heteroatoms. The van der Waals surface area contributed by atoms with E-state index in [9.17, 15) is 19.2 Å². The number of carboxylic acids is 1. The van der Waals surface area contributed by atoms with Gasteiger partial charge in [-0.15, -0.1) is 0 Å². The van der Waals surface area contributed by atoms with Gasteiger partial charge in [0.05, 0.1) is 0 Å². The van der Waals surface area contributed by atoms with Gasteiger partial charge in [0.15, 0.2) is 0 Å². The first-order valence-corrected chi connectivity index (χ1v) is 6.65. The van der Waals surface area contributed by atoms with Gasteiger partial charge in [0.25, 0.3) is 0 Å². The first kappa shape index (κ1) is 16.9. The zero-order valence-corrected chi connectivity index (χ0v) is 12.3. The minimum atomic E-state index is -1.26. The van der Waals surface area contributed by atoms with E-state index in [0.29, 0.717) is 13.0 Å². The van der Waals surface area contributed by atoms with Gasteiger partial charge in [-0.2, -0.15) is 0 Å². The topological polar surface area (TPSA) is 113 Å². The van der Waals surface area contributed by atoms with E-state index in [1.165, 1.54) is 0 Å². The van der Waals surface area contributed by atoms with Gasteiger partial charge >= 0.3 is 12.1 Å². The quantitative estimate of drug-likeness (QED) is 0.715. The third-order valence-electron chi connectivity index (χ3n) is 2.79. The molecule has 1 aliphatic rings. The fraction of sp³-hybridized carbons (Fsp3) is 0.692. The Kier molecular flexibility index (Phi) is 5.28. The van der Waals surface area contributed by atoms with Crippen LogP contribution in [0.1, 0.15) is 40.0 Å². The van der Waals surface area contributed by atoms with Crippen LogP contribution in [-0.4, -0.2) is 52.1 Å². The number of nitrogens with one attached hydrogen (secondary N) is 1. The van der Waals surface area contributed by atoms with Gasteiger partial charge < -0.3 is 15.2 Å². The van der Waals surface area contributed by atoms with Crippen molar-refractivity contribution in [2.75, 3.05) is 6.54 Å². The number of alkyl carbamates (subject to hydrolysis) is 1. The van der Waals surface area contributed by atoms with E-state index in [1.807, 2.05) is 0 Å². The molecule has 1 heterocycles. The predicted octanol–water partition coefficient (Wildman–Crippen LogP) is 0.503. The second-order valence-corrected chi connectivity index (χ2v) is 5.76. The Bertz CT molecular complexity index is 454. The smallest absolute Gasteiger partial charge is 0.408 e. The van der Waals surface area contributed by atoms with Crippen LogP contribution >= 0.6 is 0 Å². The molecule has 1 fully saturated rings. The summed E-state index contributed by atoms with van der Waals surface area (Å²) >= 11 is 0. The Morgan fingerprint density at radius 2 is 2.00 bits per heavy atom. The third kappa shape index (κ3) is 5.41. The van der Waals surface area contributed by atoms with Crippen LogP contribution in [0.25, 0.3) is 0 Å². The molecule has 0 saturated carbocycles. The van der Waals surface area contributed by atoms with Crippen molar-refractivity contribution in [3.8, 4) is 0 Å². The molecule has 21 heavy (non-hydrogen) atoms. The van der Waals surface area contributed by atoms with Gasteiger partial charge in [0, 0.05) is 19.4 Å². The predicted molar refractivity (Wildman–Crippen MR) is 71.4 cm³/mol. The standard InChI is InChI=1S/C13H20N2O6/c1-13(2,3)21-12(20)14-8(11(18)19)4-5-9(16)15-7-6-10(15)17/h8H,4-7H2,1-3H3,(H,14,20)(H,18,19). The van der Waals surface area contributed by atoms with Crippen LogP contribution in [0.4, 0.5) is 4.79 Å². The van der Waals surface area contributed by atoms with Gasteiger partial charge in [-0.1, -0.05) is 0 Å². The number of ether oxygens (including phenoxy) is 1. The van der Waals surface area contributed by atoms with Crippen molar-refractivity contribution in [1.82, 2.24) is 10.2 Å². The molecule has 2 N–H and O–H groups in total. The first-order valence-electron chi connectivity index (χ1n) is 6.65. The van der Waals surface area contributed by atoms with Crippen molar-refractivity contribution >= 4 is 23.9 Å². The van der Waals surface area contributed by atoms with Crippen LogP contribution in [0, 0.1) is 0 Å². The van der Waals surface area contributed by atoms with Crippen molar-refractivity contribution in [3.05, 3.63) is 0 Å². The highest BCUT2D eigenvalue weighted by atomic mass is 16.6. The summed E-state index contributed by atoms with van der Waals surface area (Å²) in [5.41, 5.74) is -0.743. The lowest BCUT2D eigenvalue weighted by Crippen LogP contribution is -2.48. The van der Waals surface area contributed by atoms with Crippen molar-refractivity contribution in [3.63, 3.8) is 0 Å². The number of hydrogen-bond acceptors (Lipinski definition) is 5. The lowest BCUT2D eigenvalue weighted by atomic mass is 10.1. The summed E-state index contributed by atoms with van der Waals surface area (Å²) in [7, 11) is 0. The van der Waals surface area contributed by atoms with Crippen molar-refractivity contribution < 1.29 is 29.0 Å².